The number of nitrogens with zero attached hydrogens (tertiary/aromatic N) is 1. The molecule has 2 rings (SSSR count). The number of amides is 1. The van der Waals surface area contributed by atoms with E-state index in [0.717, 1.165) is 4.88 Å². The monoisotopic (exact) mass is 317 g/mol. The smallest absolute Gasteiger partial charge is 0.338 e. The van der Waals surface area contributed by atoms with Crippen LogP contribution in [0.1, 0.15) is 34.7 Å². The summed E-state index contributed by atoms with van der Waals surface area (Å²) in [5.74, 6) is -0.344. The van der Waals surface area contributed by atoms with E-state index >= 15 is 0 Å². The molecule has 4 nitrogen and oxygen atoms in total. The summed E-state index contributed by atoms with van der Waals surface area (Å²) in [7, 11) is 1.74. The van der Waals surface area contributed by atoms with Crippen LogP contribution < -0.4 is 0 Å². The zero-order valence-corrected chi connectivity index (χ0v) is 13.5. The molecule has 0 N–H and O–H groups in total. The minimum atomic E-state index is -0.343. The maximum absolute atomic E-state index is 12.2. The molecule has 0 bridgehead atoms. The molecular formula is C17H19NO3S. The molecule has 116 valence electrons. The third-order valence-electron chi connectivity index (χ3n) is 3.38. The number of hydrogen-bond donors (Lipinski definition) is 0. The maximum Gasteiger partial charge on any atom is 0.338 e. The number of carbonyl (C=O) groups excluding carboxylic acids is 2. The van der Waals surface area contributed by atoms with Gasteiger partial charge in [0.05, 0.1) is 5.56 Å². The number of hydrogen-bond acceptors (Lipinski definition) is 4. The molecule has 0 aliphatic carbocycles. The van der Waals surface area contributed by atoms with E-state index in [9.17, 15) is 9.59 Å². The Morgan fingerprint density at radius 2 is 1.91 bits per heavy atom. The molecule has 0 saturated carbocycles. The molecule has 1 heterocycles. The predicted octanol–water partition coefficient (Wildman–Crippen LogP) is 3.51. The molecule has 0 fully saturated rings. The van der Waals surface area contributed by atoms with Crippen molar-refractivity contribution in [3.05, 3.63) is 58.3 Å². The highest BCUT2D eigenvalue weighted by atomic mass is 32.1. The van der Waals surface area contributed by atoms with Crippen LogP contribution in [-0.4, -0.2) is 30.4 Å². The highest BCUT2D eigenvalue weighted by Crippen LogP contribution is 2.27. The fraction of sp³-hybridized carbons (Fsp3) is 0.294. The van der Waals surface area contributed by atoms with Crippen molar-refractivity contribution in [3.63, 3.8) is 0 Å². The Balaban J connectivity index is 2.05. The minimum Gasteiger partial charge on any atom is -0.453 e. The SMILES string of the molecule is CC(=O)N(C)CCC(OC(=O)c1ccccc1)c1cccs1. The van der Waals surface area contributed by atoms with Crippen molar-refractivity contribution < 1.29 is 14.3 Å². The lowest BCUT2D eigenvalue weighted by Crippen LogP contribution is -2.26. The molecule has 0 spiro atoms. The summed E-state index contributed by atoms with van der Waals surface area (Å²) in [5.41, 5.74) is 0.531. The lowest BCUT2D eigenvalue weighted by atomic mass is 10.2. The Kier molecular flexibility index (Phi) is 5.72. The number of benzene rings is 1. The molecule has 0 radical (unpaired) electrons. The van der Waals surface area contributed by atoms with Crippen LogP contribution in [0, 0.1) is 0 Å². The zero-order chi connectivity index (χ0) is 15.9. The normalized spacial score (nSPS) is 11.7. The van der Waals surface area contributed by atoms with Crippen molar-refractivity contribution >= 4 is 23.2 Å². The Labute approximate surface area is 134 Å². The van der Waals surface area contributed by atoms with Crippen molar-refractivity contribution in [3.8, 4) is 0 Å². The van der Waals surface area contributed by atoms with E-state index < -0.39 is 0 Å². The lowest BCUT2D eigenvalue weighted by molar-refractivity contribution is -0.127. The quantitative estimate of drug-likeness (QED) is 0.766. The zero-order valence-electron chi connectivity index (χ0n) is 12.7. The van der Waals surface area contributed by atoms with Crippen LogP contribution in [-0.2, 0) is 9.53 Å². The molecule has 5 heteroatoms. The van der Waals surface area contributed by atoms with Gasteiger partial charge in [0.2, 0.25) is 5.91 Å². The van der Waals surface area contributed by atoms with Crippen molar-refractivity contribution in [1.29, 1.82) is 0 Å². The van der Waals surface area contributed by atoms with Gasteiger partial charge in [0.15, 0.2) is 0 Å². The van der Waals surface area contributed by atoms with Crippen molar-refractivity contribution in [2.45, 2.75) is 19.4 Å². The van der Waals surface area contributed by atoms with Gasteiger partial charge in [-0.1, -0.05) is 24.3 Å². The van der Waals surface area contributed by atoms with Gasteiger partial charge in [-0.2, -0.15) is 0 Å². The van der Waals surface area contributed by atoms with Gasteiger partial charge in [0, 0.05) is 31.8 Å². The summed E-state index contributed by atoms with van der Waals surface area (Å²) >= 11 is 1.55. The molecule has 0 saturated heterocycles. The van der Waals surface area contributed by atoms with E-state index in [0.29, 0.717) is 18.5 Å². The summed E-state index contributed by atoms with van der Waals surface area (Å²) in [6, 6.07) is 12.8. The molecule has 1 amide bonds. The van der Waals surface area contributed by atoms with Gasteiger partial charge < -0.3 is 9.64 Å². The van der Waals surface area contributed by atoms with Crippen LogP contribution in [0.4, 0.5) is 0 Å². The first-order valence-electron chi connectivity index (χ1n) is 7.09. The molecule has 0 aliphatic rings. The number of ether oxygens (including phenoxy) is 1. The third-order valence-corrected chi connectivity index (χ3v) is 4.35. The standard InChI is InChI=1S/C17H19NO3S/c1-13(19)18(2)11-10-15(16-9-6-12-22-16)21-17(20)14-7-4-3-5-8-14/h3-9,12,15H,10-11H2,1-2H3. The van der Waals surface area contributed by atoms with Crippen LogP contribution in [0.5, 0.6) is 0 Å². The first kappa shape index (κ1) is 16.2. The molecule has 0 aliphatic heterocycles. The van der Waals surface area contributed by atoms with E-state index in [2.05, 4.69) is 0 Å². The molecular weight excluding hydrogens is 298 g/mol. The predicted molar refractivity (Wildman–Crippen MR) is 86.8 cm³/mol. The summed E-state index contributed by atoms with van der Waals surface area (Å²) in [4.78, 5) is 26.1. The van der Waals surface area contributed by atoms with Crippen LogP contribution in [0.3, 0.4) is 0 Å². The number of esters is 1. The van der Waals surface area contributed by atoms with Gasteiger partial charge in [-0.3, -0.25) is 4.79 Å². The van der Waals surface area contributed by atoms with Gasteiger partial charge in [0.25, 0.3) is 0 Å². The Bertz CT molecular complexity index is 610. The van der Waals surface area contributed by atoms with Crippen LogP contribution in [0.25, 0.3) is 0 Å². The van der Waals surface area contributed by atoms with Gasteiger partial charge >= 0.3 is 5.97 Å². The Morgan fingerprint density at radius 3 is 2.50 bits per heavy atom. The molecule has 1 unspecified atom stereocenters. The second-order valence-electron chi connectivity index (χ2n) is 5.00. The second kappa shape index (κ2) is 7.75. The minimum absolute atomic E-state index is 0.000634. The van der Waals surface area contributed by atoms with Crippen molar-refractivity contribution in [1.82, 2.24) is 4.90 Å². The van der Waals surface area contributed by atoms with Crippen LogP contribution in [0.15, 0.2) is 47.8 Å². The van der Waals surface area contributed by atoms with E-state index in [1.54, 1.807) is 47.5 Å². The van der Waals surface area contributed by atoms with Gasteiger partial charge in [-0.25, -0.2) is 4.79 Å². The number of thiophene rings is 1. The average molecular weight is 317 g/mol. The Hall–Kier alpha value is -2.14. The molecule has 22 heavy (non-hydrogen) atoms. The summed E-state index contributed by atoms with van der Waals surface area (Å²) in [6.07, 6.45) is 0.240. The molecule has 2 aromatic rings. The lowest BCUT2D eigenvalue weighted by Gasteiger charge is -2.20. The highest BCUT2D eigenvalue weighted by Gasteiger charge is 2.20. The second-order valence-corrected chi connectivity index (χ2v) is 5.98. The fourth-order valence-corrected chi connectivity index (χ4v) is 2.76. The largest absolute Gasteiger partial charge is 0.453 e. The van der Waals surface area contributed by atoms with E-state index in [-0.39, 0.29) is 18.0 Å². The fourth-order valence-electron chi connectivity index (χ4n) is 1.97. The summed E-state index contributed by atoms with van der Waals surface area (Å²) in [5, 5.41) is 1.95. The van der Waals surface area contributed by atoms with E-state index in [4.69, 9.17) is 4.74 Å². The molecule has 1 aromatic heterocycles. The Morgan fingerprint density at radius 1 is 1.18 bits per heavy atom. The van der Waals surface area contributed by atoms with Gasteiger partial charge in [-0.05, 0) is 23.6 Å². The topological polar surface area (TPSA) is 46.6 Å². The number of rotatable bonds is 6. The van der Waals surface area contributed by atoms with Crippen LogP contribution >= 0.6 is 11.3 Å². The van der Waals surface area contributed by atoms with Crippen molar-refractivity contribution in [2.24, 2.45) is 0 Å². The van der Waals surface area contributed by atoms with E-state index in [1.807, 2.05) is 23.6 Å². The first-order chi connectivity index (χ1) is 10.6. The number of carbonyl (C=O) groups is 2. The van der Waals surface area contributed by atoms with E-state index in [1.165, 1.54) is 6.92 Å². The van der Waals surface area contributed by atoms with Gasteiger partial charge in [-0.15, -0.1) is 11.3 Å². The third kappa shape index (κ3) is 4.43. The van der Waals surface area contributed by atoms with Crippen molar-refractivity contribution in [2.75, 3.05) is 13.6 Å². The highest BCUT2D eigenvalue weighted by molar-refractivity contribution is 7.10. The maximum atomic E-state index is 12.2. The molecule has 1 aromatic carbocycles. The summed E-state index contributed by atoms with van der Waals surface area (Å²) in [6.45, 7) is 2.07. The average Bonchev–Trinajstić information content (AvgIpc) is 3.05. The van der Waals surface area contributed by atoms with Gasteiger partial charge in [0.1, 0.15) is 6.10 Å². The molecule has 1 atom stereocenters. The van der Waals surface area contributed by atoms with Crippen LogP contribution in [0.2, 0.25) is 0 Å². The summed E-state index contributed by atoms with van der Waals surface area (Å²) < 4.78 is 5.64. The first-order valence-corrected chi connectivity index (χ1v) is 7.97.